The zero-order chi connectivity index (χ0) is 21.5. The summed E-state index contributed by atoms with van der Waals surface area (Å²) in [6.45, 7) is 6.76. The van der Waals surface area contributed by atoms with Crippen LogP contribution in [0, 0.1) is 13.8 Å². The molecule has 30 heavy (non-hydrogen) atoms. The van der Waals surface area contributed by atoms with Crippen molar-refractivity contribution in [3.8, 4) is 17.2 Å². The number of carbonyl (C=O) groups excluding carboxylic acids is 1. The van der Waals surface area contributed by atoms with Gasteiger partial charge in [-0.1, -0.05) is 6.07 Å². The van der Waals surface area contributed by atoms with Gasteiger partial charge in [-0.3, -0.25) is 4.79 Å². The first-order valence-electron chi connectivity index (χ1n) is 9.90. The van der Waals surface area contributed by atoms with E-state index in [2.05, 4.69) is 11.4 Å². The molecule has 3 aromatic carbocycles. The molecule has 1 N–H and O–H groups in total. The molecular weight excluding hydrogens is 378 g/mol. The molecule has 156 valence electrons. The van der Waals surface area contributed by atoms with Crippen LogP contribution in [-0.2, 0) is 6.61 Å². The fourth-order valence-corrected chi connectivity index (χ4v) is 3.21. The van der Waals surface area contributed by atoms with Crippen LogP contribution in [0.1, 0.15) is 34.0 Å². The van der Waals surface area contributed by atoms with Crippen LogP contribution in [0.4, 0.5) is 5.69 Å². The predicted octanol–water partition coefficient (Wildman–Crippen LogP) is 5.54. The van der Waals surface area contributed by atoms with E-state index in [-0.39, 0.29) is 12.5 Å². The second-order valence-corrected chi connectivity index (χ2v) is 7.05. The average molecular weight is 405 g/mol. The molecule has 0 atom stereocenters. The third-order valence-electron chi connectivity index (χ3n) is 4.56. The number of hydrogen-bond acceptors (Lipinski definition) is 4. The van der Waals surface area contributed by atoms with Crippen LogP contribution in [0.25, 0.3) is 0 Å². The van der Waals surface area contributed by atoms with Gasteiger partial charge in [0.1, 0.15) is 23.9 Å². The van der Waals surface area contributed by atoms with E-state index in [1.54, 1.807) is 13.2 Å². The van der Waals surface area contributed by atoms with E-state index in [0.717, 1.165) is 28.1 Å². The van der Waals surface area contributed by atoms with E-state index in [1.165, 1.54) is 0 Å². The summed E-state index contributed by atoms with van der Waals surface area (Å²) in [5.41, 5.74) is 4.34. The second-order valence-electron chi connectivity index (χ2n) is 7.05. The van der Waals surface area contributed by atoms with Gasteiger partial charge in [0.25, 0.3) is 5.91 Å². The first-order valence-corrected chi connectivity index (χ1v) is 9.90. The van der Waals surface area contributed by atoms with Crippen molar-refractivity contribution in [1.82, 2.24) is 0 Å². The minimum atomic E-state index is -0.172. The fourth-order valence-electron chi connectivity index (χ4n) is 3.21. The van der Waals surface area contributed by atoms with Crippen molar-refractivity contribution < 1.29 is 19.0 Å². The normalized spacial score (nSPS) is 10.4. The number of carbonyl (C=O) groups is 1. The van der Waals surface area contributed by atoms with E-state index >= 15 is 0 Å². The van der Waals surface area contributed by atoms with E-state index in [1.807, 2.05) is 69.3 Å². The lowest BCUT2D eigenvalue weighted by Gasteiger charge is -2.14. The molecule has 1 amide bonds. The smallest absolute Gasteiger partial charge is 0.255 e. The summed E-state index contributed by atoms with van der Waals surface area (Å²) in [4.78, 5) is 12.8. The van der Waals surface area contributed by atoms with Gasteiger partial charge in [0, 0.05) is 16.8 Å². The number of rotatable bonds is 8. The lowest BCUT2D eigenvalue weighted by Crippen LogP contribution is -2.13. The number of anilines is 1. The maximum atomic E-state index is 12.8. The summed E-state index contributed by atoms with van der Waals surface area (Å²) in [5.74, 6) is 2.01. The molecule has 0 aromatic heterocycles. The average Bonchev–Trinajstić information content (AvgIpc) is 2.72. The van der Waals surface area contributed by atoms with E-state index < -0.39 is 0 Å². The highest BCUT2D eigenvalue weighted by molar-refractivity contribution is 6.04. The van der Waals surface area contributed by atoms with Crippen LogP contribution >= 0.6 is 0 Å². The van der Waals surface area contributed by atoms with Crippen molar-refractivity contribution in [2.45, 2.75) is 27.4 Å². The molecule has 0 radical (unpaired) electrons. The Morgan fingerprint density at radius 3 is 2.17 bits per heavy atom. The molecule has 0 unspecified atom stereocenters. The zero-order valence-corrected chi connectivity index (χ0v) is 17.8. The number of nitrogens with one attached hydrogen (secondary N) is 1. The Morgan fingerprint density at radius 1 is 0.867 bits per heavy atom. The van der Waals surface area contributed by atoms with Crippen LogP contribution in [0.5, 0.6) is 17.2 Å². The molecular formula is C25H27NO4. The van der Waals surface area contributed by atoms with E-state index in [9.17, 15) is 4.79 Å². The molecule has 0 spiro atoms. The van der Waals surface area contributed by atoms with Crippen molar-refractivity contribution in [2.24, 2.45) is 0 Å². The van der Waals surface area contributed by atoms with Crippen molar-refractivity contribution in [3.63, 3.8) is 0 Å². The standard InChI is InChI=1S/C25H27NO4/c1-5-29-24-11-6-19(25(27)26-21-13-17(2)12-18(3)14-21)15-20(24)16-30-23-9-7-22(28-4)8-10-23/h6-15H,5,16H2,1-4H3,(H,26,27). The van der Waals surface area contributed by atoms with Gasteiger partial charge < -0.3 is 19.5 Å². The molecule has 0 saturated carbocycles. The summed E-state index contributed by atoms with van der Waals surface area (Å²) in [7, 11) is 1.62. The van der Waals surface area contributed by atoms with Gasteiger partial charge in [-0.15, -0.1) is 0 Å². The van der Waals surface area contributed by atoms with E-state index in [0.29, 0.717) is 23.7 Å². The first kappa shape index (κ1) is 21.2. The Labute approximate surface area is 177 Å². The summed E-state index contributed by atoms with van der Waals surface area (Å²) in [6, 6.07) is 18.7. The Bertz CT molecular complexity index is 992. The van der Waals surface area contributed by atoms with Crippen LogP contribution in [0.15, 0.2) is 60.7 Å². The lowest BCUT2D eigenvalue weighted by molar-refractivity contribution is 0.102. The monoisotopic (exact) mass is 405 g/mol. The van der Waals surface area contributed by atoms with Crippen molar-refractivity contribution >= 4 is 11.6 Å². The van der Waals surface area contributed by atoms with Gasteiger partial charge in [0.15, 0.2) is 0 Å². The number of benzene rings is 3. The first-order chi connectivity index (χ1) is 14.5. The zero-order valence-electron chi connectivity index (χ0n) is 17.8. The summed E-state index contributed by atoms with van der Waals surface area (Å²) >= 11 is 0. The second kappa shape index (κ2) is 9.83. The Balaban J connectivity index is 1.77. The third kappa shape index (κ3) is 5.54. The van der Waals surface area contributed by atoms with Crippen LogP contribution in [0.3, 0.4) is 0 Å². The molecule has 0 aliphatic carbocycles. The quantitative estimate of drug-likeness (QED) is 0.534. The van der Waals surface area contributed by atoms with Gasteiger partial charge in [0.05, 0.1) is 13.7 Å². The van der Waals surface area contributed by atoms with Gasteiger partial charge in [-0.25, -0.2) is 0 Å². The molecule has 0 saturated heterocycles. The highest BCUT2D eigenvalue weighted by atomic mass is 16.5. The molecule has 0 bridgehead atoms. The van der Waals surface area contributed by atoms with Gasteiger partial charge in [-0.05, 0) is 86.5 Å². The largest absolute Gasteiger partial charge is 0.497 e. The van der Waals surface area contributed by atoms with Crippen LogP contribution < -0.4 is 19.5 Å². The van der Waals surface area contributed by atoms with E-state index in [4.69, 9.17) is 14.2 Å². The third-order valence-corrected chi connectivity index (χ3v) is 4.56. The number of amides is 1. The molecule has 0 heterocycles. The van der Waals surface area contributed by atoms with Crippen molar-refractivity contribution in [3.05, 3.63) is 82.9 Å². The fraction of sp³-hybridized carbons (Fsp3) is 0.240. The van der Waals surface area contributed by atoms with Gasteiger partial charge >= 0.3 is 0 Å². The minimum absolute atomic E-state index is 0.172. The Hall–Kier alpha value is -3.47. The Morgan fingerprint density at radius 2 is 1.53 bits per heavy atom. The summed E-state index contributed by atoms with van der Waals surface area (Å²) < 4.78 is 16.8. The molecule has 0 fully saturated rings. The number of methoxy groups -OCH3 is 1. The molecule has 0 aliphatic rings. The highest BCUT2D eigenvalue weighted by Crippen LogP contribution is 2.25. The topological polar surface area (TPSA) is 56.8 Å². The molecule has 5 heteroatoms. The molecule has 0 aliphatic heterocycles. The van der Waals surface area contributed by atoms with Gasteiger partial charge in [-0.2, -0.15) is 0 Å². The lowest BCUT2D eigenvalue weighted by atomic mass is 10.1. The highest BCUT2D eigenvalue weighted by Gasteiger charge is 2.12. The Kier molecular flexibility index (Phi) is 6.96. The number of ether oxygens (including phenoxy) is 3. The predicted molar refractivity (Wildman–Crippen MR) is 119 cm³/mol. The number of aryl methyl sites for hydroxylation is 2. The van der Waals surface area contributed by atoms with Crippen molar-refractivity contribution in [1.29, 1.82) is 0 Å². The molecule has 5 nitrogen and oxygen atoms in total. The van der Waals surface area contributed by atoms with Gasteiger partial charge in [0.2, 0.25) is 0 Å². The summed E-state index contributed by atoms with van der Waals surface area (Å²) in [5, 5.41) is 2.97. The SMILES string of the molecule is CCOc1ccc(C(=O)Nc2cc(C)cc(C)c2)cc1COc1ccc(OC)cc1. The minimum Gasteiger partial charge on any atom is -0.497 e. The maximum absolute atomic E-state index is 12.8. The van der Waals surface area contributed by atoms with Crippen molar-refractivity contribution in [2.75, 3.05) is 19.0 Å². The summed E-state index contributed by atoms with van der Waals surface area (Å²) in [6.07, 6.45) is 0. The number of hydrogen-bond donors (Lipinski definition) is 1. The molecule has 3 aromatic rings. The van der Waals surface area contributed by atoms with Crippen LogP contribution in [0.2, 0.25) is 0 Å². The van der Waals surface area contributed by atoms with Crippen LogP contribution in [-0.4, -0.2) is 19.6 Å². The maximum Gasteiger partial charge on any atom is 0.255 e. The molecule has 3 rings (SSSR count).